The van der Waals surface area contributed by atoms with Gasteiger partial charge >= 0.3 is 5.76 Å². The molecule has 0 aliphatic carbocycles. The summed E-state index contributed by atoms with van der Waals surface area (Å²) in [7, 11) is -4.57. The van der Waals surface area contributed by atoms with Crippen molar-refractivity contribution in [2.75, 3.05) is 25.0 Å². The number of rotatable bonds is 8. The van der Waals surface area contributed by atoms with Crippen LogP contribution in [-0.4, -0.2) is 33.8 Å². The van der Waals surface area contributed by atoms with Crippen LogP contribution in [0.2, 0.25) is 0 Å². The van der Waals surface area contributed by atoms with Crippen molar-refractivity contribution in [3.63, 3.8) is 0 Å². The van der Waals surface area contributed by atoms with Gasteiger partial charge in [0, 0.05) is 13.1 Å². The molecule has 0 aliphatic heterocycles. The first-order chi connectivity index (χ1) is 9.00. The second kappa shape index (κ2) is 7.40. The highest BCUT2D eigenvalue weighted by Gasteiger charge is 2.28. The summed E-state index contributed by atoms with van der Waals surface area (Å²) in [6.45, 7) is 4.00. The van der Waals surface area contributed by atoms with Crippen LogP contribution in [0.4, 0.5) is 14.5 Å². The number of sulfone groups is 1. The van der Waals surface area contributed by atoms with Crippen molar-refractivity contribution in [1.29, 1.82) is 0 Å². The zero-order chi connectivity index (χ0) is 14.3. The highest BCUT2D eigenvalue weighted by atomic mass is 32.2. The van der Waals surface area contributed by atoms with E-state index in [9.17, 15) is 17.2 Å². The van der Waals surface area contributed by atoms with Crippen LogP contribution in [0, 0.1) is 0 Å². The Morgan fingerprint density at radius 1 is 1.16 bits per heavy atom. The van der Waals surface area contributed by atoms with E-state index in [0.717, 1.165) is 13.0 Å². The van der Waals surface area contributed by atoms with Gasteiger partial charge in [0.2, 0.25) is 9.84 Å². The minimum atomic E-state index is -4.57. The Bertz CT molecular complexity index is 492. The summed E-state index contributed by atoms with van der Waals surface area (Å²) in [5, 5.41) is 5.98. The standard InChI is InChI=1S/C12H18F2N2O2S/c1-2-7-15-8-9-16-10-5-3-4-6-11(10)19(17,18)12(13)14/h3-6,12,15-16H,2,7-9H2,1H3. The van der Waals surface area contributed by atoms with Crippen molar-refractivity contribution >= 4 is 15.5 Å². The van der Waals surface area contributed by atoms with Gasteiger partial charge in [0.15, 0.2) is 0 Å². The molecule has 0 aliphatic rings. The number of para-hydroxylation sites is 1. The predicted molar refractivity (Wildman–Crippen MR) is 71.3 cm³/mol. The third kappa shape index (κ3) is 4.43. The smallest absolute Gasteiger partial charge is 0.341 e. The molecule has 4 nitrogen and oxygen atoms in total. The predicted octanol–water partition coefficient (Wildman–Crippen LogP) is 2.09. The Kier molecular flexibility index (Phi) is 6.17. The molecule has 0 spiro atoms. The lowest BCUT2D eigenvalue weighted by atomic mass is 10.3. The molecule has 7 heteroatoms. The molecule has 19 heavy (non-hydrogen) atoms. The molecule has 0 heterocycles. The molecule has 0 unspecified atom stereocenters. The molecule has 1 aromatic carbocycles. The minimum absolute atomic E-state index is 0.209. The lowest BCUT2D eigenvalue weighted by Crippen LogP contribution is -2.23. The van der Waals surface area contributed by atoms with Crippen molar-refractivity contribution in [2.45, 2.75) is 24.0 Å². The van der Waals surface area contributed by atoms with Crippen LogP contribution in [0.15, 0.2) is 29.2 Å². The number of hydrogen-bond donors (Lipinski definition) is 2. The van der Waals surface area contributed by atoms with E-state index in [4.69, 9.17) is 0 Å². The van der Waals surface area contributed by atoms with E-state index in [0.29, 0.717) is 13.1 Å². The van der Waals surface area contributed by atoms with Gasteiger partial charge in [-0.25, -0.2) is 8.42 Å². The molecule has 0 atom stereocenters. The van der Waals surface area contributed by atoms with Gasteiger partial charge in [-0.15, -0.1) is 0 Å². The summed E-state index contributed by atoms with van der Waals surface area (Å²) < 4.78 is 48.0. The molecule has 0 fully saturated rings. The van der Waals surface area contributed by atoms with Gasteiger partial charge < -0.3 is 10.6 Å². The fourth-order valence-corrected chi connectivity index (χ4v) is 2.45. The van der Waals surface area contributed by atoms with Crippen LogP contribution in [0.1, 0.15) is 13.3 Å². The van der Waals surface area contributed by atoms with Gasteiger partial charge in [-0.3, -0.25) is 0 Å². The second-order valence-corrected chi connectivity index (χ2v) is 5.86. The first-order valence-electron chi connectivity index (χ1n) is 6.05. The van der Waals surface area contributed by atoms with Crippen LogP contribution in [0.3, 0.4) is 0 Å². The largest absolute Gasteiger partial charge is 0.383 e. The number of alkyl halides is 2. The Labute approximate surface area is 112 Å². The normalized spacial score (nSPS) is 11.8. The fraction of sp³-hybridized carbons (Fsp3) is 0.500. The van der Waals surface area contributed by atoms with E-state index >= 15 is 0 Å². The summed E-state index contributed by atoms with van der Waals surface area (Å²) in [5.74, 6) is -3.41. The summed E-state index contributed by atoms with van der Waals surface area (Å²) in [5.41, 5.74) is 0.209. The number of anilines is 1. The number of benzene rings is 1. The van der Waals surface area contributed by atoms with Crippen LogP contribution >= 0.6 is 0 Å². The Morgan fingerprint density at radius 2 is 1.84 bits per heavy atom. The molecule has 0 aromatic heterocycles. The number of hydrogen-bond acceptors (Lipinski definition) is 4. The van der Waals surface area contributed by atoms with Crippen LogP contribution in [0.5, 0.6) is 0 Å². The average Bonchev–Trinajstić information content (AvgIpc) is 2.38. The topological polar surface area (TPSA) is 58.2 Å². The molecule has 0 radical (unpaired) electrons. The van der Waals surface area contributed by atoms with Gasteiger partial charge in [-0.2, -0.15) is 8.78 Å². The van der Waals surface area contributed by atoms with Gasteiger partial charge in [0.05, 0.1) is 10.6 Å². The molecule has 0 saturated heterocycles. The molecule has 0 saturated carbocycles. The highest BCUT2D eigenvalue weighted by Crippen LogP contribution is 2.25. The van der Waals surface area contributed by atoms with Gasteiger partial charge in [-0.05, 0) is 25.1 Å². The van der Waals surface area contributed by atoms with E-state index in [1.54, 1.807) is 6.07 Å². The maximum Gasteiger partial charge on any atom is 0.341 e. The molecule has 1 rings (SSSR count). The maximum absolute atomic E-state index is 12.5. The molecular formula is C12H18F2N2O2S. The number of halogens is 2. The lowest BCUT2D eigenvalue weighted by molar-refractivity contribution is 0.235. The van der Waals surface area contributed by atoms with Crippen molar-refractivity contribution in [2.24, 2.45) is 0 Å². The van der Waals surface area contributed by atoms with Crippen molar-refractivity contribution in [3.05, 3.63) is 24.3 Å². The number of nitrogens with one attached hydrogen (secondary N) is 2. The van der Waals surface area contributed by atoms with E-state index in [1.807, 2.05) is 6.92 Å². The average molecular weight is 292 g/mol. The zero-order valence-corrected chi connectivity index (χ0v) is 11.5. The van der Waals surface area contributed by atoms with E-state index in [1.165, 1.54) is 18.2 Å². The van der Waals surface area contributed by atoms with Gasteiger partial charge in [0.1, 0.15) is 0 Å². The van der Waals surface area contributed by atoms with E-state index < -0.39 is 15.6 Å². The van der Waals surface area contributed by atoms with E-state index in [2.05, 4.69) is 10.6 Å². The van der Waals surface area contributed by atoms with Crippen molar-refractivity contribution in [3.8, 4) is 0 Å². The molecule has 0 bridgehead atoms. The summed E-state index contributed by atoms with van der Waals surface area (Å²) in [6, 6.07) is 5.69. The lowest BCUT2D eigenvalue weighted by Gasteiger charge is -2.12. The molecule has 108 valence electrons. The first-order valence-corrected chi connectivity index (χ1v) is 7.60. The van der Waals surface area contributed by atoms with Crippen LogP contribution in [-0.2, 0) is 9.84 Å². The SMILES string of the molecule is CCCNCCNc1ccccc1S(=O)(=O)C(F)F. The van der Waals surface area contributed by atoms with Crippen molar-refractivity contribution in [1.82, 2.24) is 5.32 Å². The maximum atomic E-state index is 12.5. The first kappa shape index (κ1) is 15.8. The van der Waals surface area contributed by atoms with Crippen molar-refractivity contribution < 1.29 is 17.2 Å². The van der Waals surface area contributed by atoms with Gasteiger partial charge in [-0.1, -0.05) is 19.1 Å². The Morgan fingerprint density at radius 3 is 2.47 bits per heavy atom. The van der Waals surface area contributed by atoms with Gasteiger partial charge in [0.25, 0.3) is 0 Å². The summed E-state index contributed by atoms with van der Waals surface area (Å²) in [4.78, 5) is -0.361. The molecule has 0 amide bonds. The van der Waals surface area contributed by atoms with E-state index in [-0.39, 0.29) is 10.6 Å². The minimum Gasteiger partial charge on any atom is -0.383 e. The van der Waals surface area contributed by atoms with Crippen LogP contribution in [0.25, 0.3) is 0 Å². The zero-order valence-electron chi connectivity index (χ0n) is 10.7. The fourth-order valence-electron chi connectivity index (χ4n) is 1.54. The summed E-state index contributed by atoms with van der Waals surface area (Å²) in [6.07, 6.45) is 0.996. The third-order valence-electron chi connectivity index (χ3n) is 2.47. The monoisotopic (exact) mass is 292 g/mol. The Balaban J connectivity index is 2.74. The van der Waals surface area contributed by atoms with Crippen LogP contribution < -0.4 is 10.6 Å². The Hall–Kier alpha value is -1.21. The highest BCUT2D eigenvalue weighted by molar-refractivity contribution is 7.91. The third-order valence-corrected chi connectivity index (χ3v) is 3.91. The molecular weight excluding hydrogens is 274 g/mol. The summed E-state index contributed by atoms with van der Waals surface area (Å²) >= 11 is 0. The molecule has 2 N–H and O–H groups in total. The molecule has 1 aromatic rings. The quantitative estimate of drug-likeness (QED) is 0.720. The second-order valence-electron chi connectivity index (χ2n) is 3.98.